The van der Waals surface area contributed by atoms with Gasteiger partial charge in [0.1, 0.15) is 11.6 Å². The highest BCUT2D eigenvalue weighted by molar-refractivity contribution is 5.78. The molecule has 7 heteroatoms. The van der Waals surface area contributed by atoms with Gasteiger partial charge < -0.3 is 15.6 Å². The Balaban J connectivity index is 2.56. The van der Waals surface area contributed by atoms with E-state index in [4.69, 9.17) is 5.73 Å². The molecule has 1 heterocycles. The van der Waals surface area contributed by atoms with Gasteiger partial charge in [-0.25, -0.2) is 0 Å². The Kier molecular flexibility index (Phi) is 5.86. The number of rotatable bonds is 7. The van der Waals surface area contributed by atoms with Gasteiger partial charge in [-0.1, -0.05) is 13.8 Å². The zero-order valence-electron chi connectivity index (χ0n) is 14.0. The van der Waals surface area contributed by atoms with E-state index in [1.54, 1.807) is 0 Å². The standard InChI is InChI=1S/C14H28N6O/c1-10(2)14(4,9-15)16-13(21)8-19(5)7-12-18-17-11(3)20(12)6/h10H,7-9,15H2,1-6H3,(H,16,21). The number of carbonyl (C=O) groups is 1. The number of amides is 1. The van der Waals surface area contributed by atoms with Gasteiger partial charge in [0, 0.05) is 13.6 Å². The van der Waals surface area contributed by atoms with Crippen LogP contribution in [0, 0.1) is 12.8 Å². The second kappa shape index (κ2) is 7.00. The lowest BCUT2D eigenvalue weighted by molar-refractivity contribution is -0.124. The van der Waals surface area contributed by atoms with Crippen molar-refractivity contribution < 1.29 is 4.79 Å². The van der Waals surface area contributed by atoms with Crippen molar-refractivity contribution in [2.24, 2.45) is 18.7 Å². The molecule has 120 valence electrons. The van der Waals surface area contributed by atoms with Crippen molar-refractivity contribution in [2.75, 3.05) is 20.1 Å². The zero-order chi connectivity index (χ0) is 16.2. The molecule has 1 aromatic heterocycles. The first-order valence-corrected chi connectivity index (χ1v) is 7.24. The van der Waals surface area contributed by atoms with Crippen LogP contribution in [0.5, 0.6) is 0 Å². The van der Waals surface area contributed by atoms with Gasteiger partial charge in [0.15, 0.2) is 0 Å². The van der Waals surface area contributed by atoms with Crippen LogP contribution in [0.3, 0.4) is 0 Å². The number of nitrogens with two attached hydrogens (primary N) is 1. The number of aryl methyl sites for hydroxylation is 1. The highest BCUT2D eigenvalue weighted by atomic mass is 16.2. The predicted molar refractivity (Wildman–Crippen MR) is 82.5 cm³/mol. The number of hydrogen-bond acceptors (Lipinski definition) is 5. The van der Waals surface area contributed by atoms with Crippen molar-refractivity contribution in [2.45, 2.75) is 39.8 Å². The van der Waals surface area contributed by atoms with Crippen LogP contribution in [0.15, 0.2) is 0 Å². The maximum atomic E-state index is 12.2. The van der Waals surface area contributed by atoms with E-state index < -0.39 is 0 Å². The summed E-state index contributed by atoms with van der Waals surface area (Å²) in [5, 5.41) is 11.1. The molecule has 0 bridgehead atoms. The lowest BCUT2D eigenvalue weighted by Crippen LogP contribution is -2.56. The Labute approximate surface area is 126 Å². The van der Waals surface area contributed by atoms with Crippen molar-refractivity contribution in [3.8, 4) is 0 Å². The maximum absolute atomic E-state index is 12.2. The fraction of sp³-hybridized carbons (Fsp3) is 0.786. The van der Waals surface area contributed by atoms with Crippen molar-refractivity contribution >= 4 is 5.91 Å². The molecule has 0 fully saturated rings. The van der Waals surface area contributed by atoms with Crippen molar-refractivity contribution in [1.29, 1.82) is 0 Å². The SMILES string of the molecule is Cc1nnc(CN(C)CC(=O)NC(C)(CN)C(C)C)n1C. The van der Waals surface area contributed by atoms with E-state index in [1.165, 1.54) is 0 Å². The summed E-state index contributed by atoms with van der Waals surface area (Å²) in [6.07, 6.45) is 0. The first-order chi connectivity index (χ1) is 9.69. The minimum atomic E-state index is -0.376. The van der Waals surface area contributed by atoms with Crippen LogP contribution in [0.1, 0.15) is 32.4 Å². The highest BCUT2D eigenvalue weighted by Crippen LogP contribution is 2.14. The molecule has 0 saturated carbocycles. The monoisotopic (exact) mass is 296 g/mol. The van der Waals surface area contributed by atoms with Gasteiger partial charge in [0.05, 0.1) is 18.6 Å². The van der Waals surface area contributed by atoms with Crippen molar-refractivity contribution in [3.63, 3.8) is 0 Å². The quantitative estimate of drug-likeness (QED) is 0.742. The summed E-state index contributed by atoms with van der Waals surface area (Å²) >= 11 is 0. The molecule has 0 spiro atoms. The van der Waals surface area contributed by atoms with Gasteiger partial charge in [-0.3, -0.25) is 9.69 Å². The second-order valence-electron chi connectivity index (χ2n) is 6.22. The molecule has 0 aromatic carbocycles. The summed E-state index contributed by atoms with van der Waals surface area (Å²) in [6, 6.07) is 0. The number of nitrogens with one attached hydrogen (secondary N) is 1. The third-order valence-electron chi connectivity index (χ3n) is 4.13. The molecule has 0 aliphatic rings. The largest absolute Gasteiger partial charge is 0.348 e. The third-order valence-corrected chi connectivity index (χ3v) is 4.13. The average Bonchev–Trinajstić information content (AvgIpc) is 2.70. The Bertz CT molecular complexity index is 484. The molecule has 21 heavy (non-hydrogen) atoms. The molecule has 7 nitrogen and oxygen atoms in total. The predicted octanol–water partition coefficient (Wildman–Crippen LogP) is 0.0449. The topological polar surface area (TPSA) is 89.1 Å². The molecule has 1 aromatic rings. The second-order valence-corrected chi connectivity index (χ2v) is 6.22. The average molecular weight is 296 g/mol. The summed E-state index contributed by atoms with van der Waals surface area (Å²) in [6.45, 7) is 9.28. The first-order valence-electron chi connectivity index (χ1n) is 7.24. The molecular weight excluding hydrogens is 268 g/mol. The van der Waals surface area contributed by atoms with E-state index >= 15 is 0 Å². The number of aromatic nitrogens is 3. The number of hydrogen-bond donors (Lipinski definition) is 2. The normalized spacial score (nSPS) is 14.5. The molecule has 0 aliphatic heterocycles. The summed E-state index contributed by atoms with van der Waals surface area (Å²) < 4.78 is 1.92. The van der Waals surface area contributed by atoms with E-state index in [9.17, 15) is 4.79 Å². The van der Waals surface area contributed by atoms with E-state index in [1.807, 2.05) is 37.4 Å². The van der Waals surface area contributed by atoms with E-state index in [0.717, 1.165) is 11.6 Å². The Morgan fingerprint density at radius 2 is 2.10 bits per heavy atom. The van der Waals surface area contributed by atoms with Crippen molar-refractivity contribution in [3.05, 3.63) is 11.6 Å². The maximum Gasteiger partial charge on any atom is 0.234 e. The van der Waals surface area contributed by atoms with Crippen LogP contribution in [0.2, 0.25) is 0 Å². The molecular formula is C14H28N6O. The Hall–Kier alpha value is -1.47. The van der Waals surface area contributed by atoms with Crippen LogP contribution in [-0.4, -0.2) is 51.2 Å². The summed E-state index contributed by atoms with van der Waals surface area (Å²) in [5.74, 6) is 1.95. The zero-order valence-corrected chi connectivity index (χ0v) is 14.0. The van der Waals surface area contributed by atoms with Gasteiger partial charge in [0.2, 0.25) is 5.91 Å². The number of nitrogens with zero attached hydrogens (tertiary/aromatic N) is 4. The van der Waals surface area contributed by atoms with Gasteiger partial charge in [-0.15, -0.1) is 10.2 Å². The van der Waals surface area contributed by atoms with E-state index in [-0.39, 0.29) is 17.4 Å². The minimum absolute atomic E-state index is 0.0296. The summed E-state index contributed by atoms with van der Waals surface area (Å²) in [4.78, 5) is 14.1. The van der Waals surface area contributed by atoms with Gasteiger partial charge >= 0.3 is 0 Å². The number of carbonyl (C=O) groups excluding carboxylic acids is 1. The van der Waals surface area contributed by atoms with Crippen LogP contribution in [0.25, 0.3) is 0 Å². The molecule has 1 amide bonds. The fourth-order valence-electron chi connectivity index (χ4n) is 1.92. The van der Waals surface area contributed by atoms with Crippen LogP contribution in [0.4, 0.5) is 0 Å². The van der Waals surface area contributed by atoms with Gasteiger partial charge in [-0.2, -0.15) is 0 Å². The summed E-state index contributed by atoms with van der Waals surface area (Å²) in [5.41, 5.74) is 5.41. The minimum Gasteiger partial charge on any atom is -0.348 e. The van der Waals surface area contributed by atoms with Gasteiger partial charge in [0.25, 0.3) is 0 Å². The fourth-order valence-corrected chi connectivity index (χ4v) is 1.92. The molecule has 3 N–H and O–H groups in total. The van der Waals surface area contributed by atoms with Crippen LogP contribution in [-0.2, 0) is 18.4 Å². The molecule has 0 radical (unpaired) electrons. The van der Waals surface area contributed by atoms with E-state index in [2.05, 4.69) is 29.4 Å². The Morgan fingerprint density at radius 3 is 2.52 bits per heavy atom. The summed E-state index contributed by atoms with van der Waals surface area (Å²) in [7, 11) is 3.81. The molecule has 1 unspecified atom stereocenters. The van der Waals surface area contributed by atoms with Crippen LogP contribution >= 0.6 is 0 Å². The molecule has 1 rings (SSSR count). The molecule has 1 atom stereocenters. The lowest BCUT2D eigenvalue weighted by atomic mass is 9.88. The molecule has 0 aliphatic carbocycles. The first kappa shape index (κ1) is 17.6. The van der Waals surface area contributed by atoms with Crippen molar-refractivity contribution in [1.82, 2.24) is 25.0 Å². The highest BCUT2D eigenvalue weighted by Gasteiger charge is 2.28. The third kappa shape index (κ3) is 4.50. The Morgan fingerprint density at radius 1 is 1.48 bits per heavy atom. The smallest absolute Gasteiger partial charge is 0.234 e. The lowest BCUT2D eigenvalue weighted by Gasteiger charge is -2.34. The number of likely N-dealkylation sites (N-methyl/N-ethyl adjacent to an activating group) is 1. The molecule has 0 saturated heterocycles. The van der Waals surface area contributed by atoms with Gasteiger partial charge in [-0.05, 0) is 26.8 Å². The van der Waals surface area contributed by atoms with E-state index in [0.29, 0.717) is 19.6 Å². The van der Waals surface area contributed by atoms with Crippen LogP contribution < -0.4 is 11.1 Å².